The van der Waals surface area contributed by atoms with Crippen molar-refractivity contribution in [2.45, 2.75) is 41.5 Å². The van der Waals surface area contributed by atoms with Crippen molar-refractivity contribution >= 4 is 49.4 Å². The van der Waals surface area contributed by atoms with Crippen molar-refractivity contribution in [1.82, 2.24) is 0 Å². The number of hydrogen-bond donors (Lipinski definition) is 0. The van der Waals surface area contributed by atoms with Crippen molar-refractivity contribution in [3.63, 3.8) is 0 Å². The van der Waals surface area contributed by atoms with E-state index in [-0.39, 0.29) is 0 Å². The summed E-state index contributed by atoms with van der Waals surface area (Å²) in [6, 6.07) is 40.5. The van der Waals surface area contributed by atoms with Gasteiger partial charge in [-0.1, -0.05) is 137 Å². The molecule has 0 aliphatic heterocycles. The topological polar surface area (TPSA) is 0 Å². The summed E-state index contributed by atoms with van der Waals surface area (Å²) in [6.45, 7) is 13.2. The minimum absolute atomic E-state index is 1.24. The van der Waals surface area contributed by atoms with Gasteiger partial charge in [-0.3, -0.25) is 0 Å². The smallest absolute Gasteiger partial charge is 0.00766 e. The molecule has 0 heterocycles. The van der Waals surface area contributed by atoms with Gasteiger partial charge in [0.1, 0.15) is 0 Å². The second kappa shape index (κ2) is 12.9. The van der Waals surface area contributed by atoms with Gasteiger partial charge in [0.2, 0.25) is 0 Å². The molecule has 0 saturated carbocycles. The van der Waals surface area contributed by atoms with Crippen LogP contribution in [-0.2, 0) is 0 Å². The maximum atomic E-state index is 2.32. The number of hydrogen-bond acceptors (Lipinski definition) is 0. The van der Waals surface area contributed by atoms with Gasteiger partial charge in [0.05, 0.1) is 0 Å². The summed E-state index contributed by atoms with van der Waals surface area (Å²) in [5.74, 6) is 4.64. The Morgan fingerprint density at radius 1 is 0.432 bits per heavy atom. The zero-order chi connectivity index (χ0) is 30.8. The van der Waals surface area contributed by atoms with E-state index in [0.717, 1.165) is 0 Å². The molecule has 6 rings (SSSR count). The van der Waals surface area contributed by atoms with Gasteiger partial charge in [-0.2, -0.15) is 0 Å². The molecule has 6 aromatic carbocycles. The SMILES string of the molecule is Cc1cc(C)c(P=Cc2ccc(-c3cccc4cccc(-c5ccc(C=Pc6c(C)cc(C)cc6C)cc5)c34)cc2)c(C)c1. The molecule has 0 aliphatic rings. The van der Waals surface area contributed by atoms with Crippen LogP contribution < -0.4 is 10.6 Å². The van der Waals surface area contributed by atoms with E-state index >= 15 is 0 Å². The first-order valence-electron chi connectivity index (χ1n) is 15.2. The molecule has 0 amide bonds. The molecule has 0 radical (unpaired) electrons. The van der Waals surface area contributed by atoms with Gasteiger partial charge in [-0.25, -0.2) is 0 Å². The molecule has 0 unspecified atom stereocenters. The number of aryl methyl sites for hydroxylation is 6. The highest BCUT2D eigenvalue weighted by Crippen LogP contribution is 2.36. The fraction of sp³-hybridized carbons (Fsp3) is 0.143. The average molecular weight is 605 g/mol. The molecule has 0 aromatic heterocycles. The predicted molar refractivity (Wildman–Crippen MR) is 200 cm³/mol. The molecule has 0 atom stereocenters. The van der Waals surface area contributed by atoms with Crippen LogP contribution in [0.2, 0.25) is 0 Å². The van der Waals surface area contributed by atoms with E-state index in [0.29, 0.717) is 0 Å². The molecular formula is C42H38P2. The van der Waals surface area contributed by atoms with Gasteiger partial charge in [0.15, 0.2) is 0 Å². The van der Waals surface area contributed by atoms with E-state index in [1.165, 1.54) is 105 Å². The summed E-state index contributed by atoms with van der Waals surface area (Å²) in [5, 5.41) is 5.37. The Labute approximate surface area is 266 Å². The Kier molecular flexibility index (Phi) is 8.77. The zero-order valence-electron chi connectivity index (χ0n) is 26.4. The van der Waals surface area contributed by atoms with Crippen molar-refractivity contribution in [2.24, 2.45) is 0 Å². The average Bonchev–Trinajstić information content (AvgIpc) is 3.00. The first-order valence-corrected chi connectivity index (χ1v) is 17.2. The maximum Gasteiger partial charge on any atom is 0.00766 e. The second-order valence-electron chi connectivity index (χ2n) is 12.0. The van der Waals surface area contributed by atoms with Crippen LogP contribution in [0.4, 0.5) is 0 Å². The summed E-state index contributed by atoms with van der Waals surface area (Å²) in [4.78, 5) is 0. The van der Waals surface area contributed by atoms with Gasteiger partial charge in [-0.15, -0.1) is 0 Å². The molecule has 0 bridgehead atoms. The summed E-state index contributed by atoms with van der Waals surface area (Å²) < 4.78 is 0. The molecule has 0 aliphatic carbocycles. The molecule has 2 heteroatoms. The lowest BCUT2D eigenvalue weighted by Crippen LogP contribution is -2.04. The Bertz CT molecular complexity index is 1850. The molecule has 6 aromatic rings. The van der Waals surface area contributed by atoms with Crippen LogP contribution in [0.15, 0.2) is 109 Å². The lowest BCUT2D eigenvalue weighted by molar-refractivity contribution is 1.36. The Hall–Kier alpha value is -4.08. The monoisotopic (exact) mass is 604 g/mol. The van der Waals surface area contributed by atoms with Crippen molar-refractivity contribution < 1.29 is 0 Å². The Morgan fingerprint density at radius 3 is 1.16 bits per heavy atom. The Morgan fingerprint density at radius 2 is 0.795 bits per heavy atom. The van der Waals surface area contributed by atoms with Crippen molar-refractivity contribution in [2.75, 3.05) is 0 Å². The van der Waals surface area contributed by atoms with E-state index < -0.39 is 0 Å². The van der Waals surface area contributed by atoms with Crippen molar-refractivity contribution in [3.05, 3.63) is 154 Å². The highest BCUT2D eigenvalue weighted by molar-refractivity contribution is 7.48. The van der Waals surface area contributed by atoms with E-state index in [9.17, 15) is 0 Å². The van der Waals surface area contributed by atoms with Crippen LogP contribution in [0.1, 0.15) is 44.5 Å². The lowest BCUT2D eigenvalue weighted by atomic mass is 9.91. The Balaban J connectivity index is 1.30. The van der Waals surface area contributed by atoms with Crippen LogP contribution in [0.25, 0.3) is 33.0 Å². The quantitative estimate of drug-likeness (QED) is 0.166. The maximum absolute atomic E-state index is 2.32. The first kappa shape index (κ1) is 30.0. The number of rotatable bonds is 6. The second-order valence-corrected chi connectivity index (χ2v) is 13.9. The third-order valence-electron chi connectivity index (χ3n) is 8.30. The lowest BCUT2D eigenvalue weighted by Gasteiger charge is -2.13. The molecule has 216 valence electrons. The molecule has 0 saturated heterocycles. The van der Waals surface area contributed by atoms with Crippen LogP contribution >= 0.6 is 16.4 Å². The fourth-order valence-electron chi connectivity index (χ4n) is 6.35. The fourth-order valence-corrected chi connectivity index (χ4v) is 8.32. The predicted octanol–water partition coefficient (Wildman–Crippen LogP) is 10.9. The van der Waals surface area contributed by atoms with E-state index in [4.69, 9.17) is 0 Å². The highest BCUT2D eigenvalue weighted by Gasteiger charge is 2.11. The molecule has 0 spiro atoms. The van der Waals surface area contributed by atoms with Gasteiger partial charge in [0, 0.05) is 10.6 Å². The highest BCUT2D eigenvalue weighted by atomic mass is 31.1. The molecule has 44 heavy (non-hydrogen) atoms. The minimum atomic E-state index is 1.24. The normalized spacial score (nSPS) is 11.7. The molecule has 0 fully saturated rings. The van der Waals surface area contributed by atoms with E-state index in [1.807, 2.05) is 0 Å². The summed E-state index contributed by atoms with van der Waals surface area (Å²) in [6.07, 6.45) is 0. The minimum Gasteiger partial charge on any atom is -0.0673 e. The zero-order valence-corrected chi connectivity index (χ0v) is 28.2. The van der Waals surface area contributed by atoms with Crippen molar-refractivity contribution in [3.8, 4) is 22.3 Å². The third kappa shape index (κ3) is 6.39. The summed E-state index contributed by atoms with van der Waals surface area (Å²) in [5.41, 5.74) is 15.6. The summed E-state index contributed by atoms with van der Waals surface area (Å²) in [7, 11) is 2.48. The van der Waals surface area contributed by atoms with Crippen LogP contribution in [0.3, 0.4) is 0 Å². The molecule has 0 nitrogen and oxygen atoms in total. The van der Waals surface area contributed by atoms with E-state index in [1.54, 1.807) is 0 Å². The van der Waals surface area contributed by atoms with E-state index in [2.05, 4.69) is 162 Å². The number of benzene rings is 6. The van der Waals surface area contributed by atoms with Gasteiger partial charge >= 0.3 is 0 Å². The van der Waals surface area contributed by atoms with Crippen molar-refractivity contribution in [1.29, 1.82) is 0 Å². The van der Waals surface area contributed by atoms with Crippen LogP contribution in [0, 0.1) is 41.5 Å². The molecule has 0 N–H and O–H groups in total. The number of fused-ring (bicyclic) bond motifs is 1. The van der Waals surface area contributed by atoms with Crippen LogP contribution in [0.5, 0.6) is 0 Å². The third-order valence-corrected chi connectivity index (χ3v) is 11.1. The van der Waals surface area contributed by atoms with Gasteiger partial charge in [0.25, 0.3) is 0 Å². The standard InChI is InChI=1S/C42H38P2/c1-27-21-29(3)41(30(4)22-27)43-25-33-13-17-35(18-14-33)38-11-7-9-37-10-8-12-39(40(37)38)36-19-15-34(16-20-36)26-44-42-31(5)23-28(2)24-32(42)6/h7-26H,1-6H3. The van der Waals surface area contributed by atoms with Gasteiger partial charge < -0.3 is 0 Å². The first-order chi connectivity index (χ1) is 21.3. The van der Waals surface area contributed by atoms with Gasteiger partial charge in [-0.05, 0) is 120 Å². The largest absolute Gasteiger partial charge is 0.0673 e. The molecular weight excluding hydrogens is 566 g/mol. The van der Waals surface area contributed by atoms with Crippen LogP contribution in [-0.4, -0.2) is 11.6 Å². The summed E-state index contributed by atoms with van der Waals surface area (Å²) >= 11 is 0.